The van der Waals surface area contributed by atoms with Gasteiger partial charge in [-0.25, -0.2) is 0 Å². The van der Waals surface area contributed by atoms with Crippen LogP contribution in [0.4, 0.5) is 17.5 Å². The Morgan fingerprint density at radius 2 is 2.00 bits per heavy atom. The maximum atomic E-state index is 5.32. The monoisotopic (exact) mass is 305 g/mol. The molecular weight excluding hydrogens is 286 g/mol. The molecule has 0 aliphatic rings. The molecule has 118 valence electrons. The van der Waals surface area contributed by atoms with Crippen molar-refractivity contribution in [3.05, 3.63) is 24.4 Å². The summed E-state index contributed by atoms with van der Waals surface area (Å²) in [6.07, 6.45) is 1.55. The Bertz CT molecular complexity index is 609. The van der Waals surface area contributed by atoms with Crippen LogP contribution in [0.15, 0.2) is 24.4 Å². The van der Waals surface area contributed by atoms with Gasteiger partial charge in [0.1, 0.15) is 11.5 Å². The smallest absolute Gasteiger partial charge is 0.249 e. The van der Waals surface area contributed by atoms with Crippen LogP contribution in [0, 0.1) is 0 Å². The normalized spacial score (nSPS) is 10.1. The fourth-order valence-corrected chi connectivity index (χ4v) is 1.75. The summed E-state index contributed by atoms with van der Waals surface area (Å²) in [5.41, 5.74) is 0.721. The van der Waals surface area contributed by atoms with Crippen LogP contribution in [-0.4, -0.2) is 49.7 Å². The van der Waals surface area contributed by atoms with Gasteiger partial charge in [0.15, 0.2) is 5.82 Å². The van der Waals surface area contributed by atoms with Gasteiger partial charge in [-0.2, -0.15) is 10.1 Å². The molecule has 1 aromatic heterocycles. The van der Waals surface area contributed by atoms with E-state index in [2.05, 4.69) is 25.8 Å². The molecule has 0 radical (unpaired) electrons. The predicted molar refractivity (Wildman–Crippen MR) is 83.0 cm³/mol. The number of anilines is 3. The van der Waals surface area contributed by atoms with Crippen molar-refractivity contribution in [3.63, 3.8) is 0 Å². The summed E-state index contributed by atoms with van der Waals surface area (Å²) in [4.78, 5) is 4.32. The van der Waals surface area contributed by atoms with Crippen molar-refractivity contribution in [2.75, 3.05) is 45.1 Å². The molecule has 0 amide bonds. The second-order valence-corrected chi connectivity index (χ2v) is 4.28. The molecule has 1 aromatic carbocycles. The van der Waals surface area contributed by atoms with Gasteiger partial charge in [0.2, 0.25) is 5.95 Å². The summed E-state index contributed by atoms with van der Waals surface area (Å²) in [6.45, 7) is 1.22. The Morgan fingerprint density at radius 1 is 1.14 bits per heavy atom. The third-order valence-electron chi connectivity index (χ3n) is 2.83. The lowest BCUT2D eigenvalue weighted by atomic mass is 10.2. The van der Waals surface area contributed by atoms with Gasteiger partial charge >= 0.3 is 0 Å². The van der Waals surface area contributed by atoms with Crippen molar-refractivity contribution in [3.8, 4) is 11.5 Å². The number of benzene rings is 1. The summed E-state index contributed by atoms with van der Waals surface area (Å²) in [6, 6.07) is 5.42. The Balaban J connectivity index is 2.11. The Labute approximate surface area is 128 Å². The fourth-order valence-electron chi connectivity index (χ4n) is 1.75. The first kappa shape index (κ1) is 15.8. The van der Waals surface area contributed by atoms with Gasteiger partial charge in [-0.05, 0) is 12.1 Å². The number of hydrogen-bond acceptors (Lipinski definition) is 8. The predicted octanol–water partition coefficient (Wildman–Crippen LogP) is 1.69. The van der Waals surface area contributed by atoms with Crippen molar-refractivity contribution in [2.45, 2.75) is 0 Å². The number of aromatic nitrogens is 3. The van der Waals surface area contributed by atoms with Gasteiger partial charge in [-0.3, -0.25) is 0 Å². The summed E-state index contributed by atoms with van der Waals surface area (Å²) in [5.74, 6) is 2.31. The summed E-state index contributed by atoms with van der Waals surface area (Å²) in [5, 5.41) is 14.0. The molecule has 8 nitrogen and oxygen atoms in total. The van der Waals surface area contributed by atoms with E-state index in [1.54, 1.807) is 33.6 Å². The third kappa shape index (κ3) is 4.19. The summed E-state index contributed by atoms with van der Waals surface area (Å²) >= 11 is 0. The first-order valence-electron chi connectivity index (χ1n) is 6.68. The number of hydrogen-bond donors (Lipinski definition) is 2. The lowest BCUT2D eigenvalue weighted by Crippen LogP contribution is -2.10. The molecule has 0 aliphatic heterocycles. The molecule has 1 heterocycles. The molecule has 22 heavy (non-hydrogen) atoms. The molecule has 2 N–H and O–H groups in total. The van der Waals surface area contributed by atoms with Crippen molar-refractivity contribution in [1.29, 1.82) is 0 Å². The maximum Gasteiger partial charge on any atom is 0.249 e. The van der Waals surface area contributed by atoms with Gasteiger partial charge < -0.3 is 24.8 Å². The van der Waals surface area contributed by atoms with Crippen LogP contribution in [0.3, 0.4) is 0 Å². The molecular formula is C14H19N5O3. The van der Waals surface area contributed by atoms with Crippen molar-refractivity contribution in [1.82, 2.24) is 15.2 Å². The van der Waals surface area contributed by atoms with E-state index in [9.17, 15) is 0 Å². The number of methoxy groups -OCH3 is 3. The minimum atomic E-state index is 0.367. The molecule has 0 saturated carbocycles. The highest BCUT2D eigenvalue weighted by Gasteiger charge is 2.07. The average molecular weight is 305 g/mol. The van der Waals surface area contributed by atoms with E-state index in [1.807, 2.05) is 12.1 Å². The van der Waals surface area contributed by atoms with Gasteiger partial charge in [-0.1, -0.05) is 0 Å². The van der Waals surface area contributed by atoms with Crippen molar-refractivity contribution in [2.24, 2.45) is 0 Å². The third-order valence-corrected chi connectivity index (χ3v) is 2.83. The van der Waals surface area contributed by atoms with Crippen LogP contribution in [0.25, 0.3) is 0 Å². The highest BCUT2D eigenvalue weighted by Crippen LogP contribution is 2.30. The average Bonchev–Trinajstić information content (AvgIpc) is 2.56. The molecule has 0 aliphatic carbocycles. The molecule has 2 aromatic rings. The lowest BCUT2D eigenvalue weighted by Gasteiger charge is -2.11. The lowest BCUT2D eigenvalue weighted by molar-refractivity contribution is 0.210. The standard InChI is InChI=1S/C14H19N5O3/c1-20-7-6-15-13-9-16-19-14(18-13)17-11-5-4-10(21-2)8-12(11)22-3/h4-5,8-9H,6-7H2,1-3H3,(H2,15,17,18,19). The molecule has 0 saturated heterocycles. The fraction of sp³-hybridized carbons (Fsp3) is 0.357. The molecule has 8 heteroatoms. The zero-order valence-electron chi connectivity index (χ0n) is 12.8. The quantitative estimate of drug-likeness (QED) is 0.712. The first-order chi connectivity index (χ1) is 10.8. The minimum absolute atomic E-state index is 0.367. The number of nitrogens with one attached hydrogen (secondary N) is 2. The molecule has 0 bridgehead atoms. The highest BCUT2D eigenvalue weighted by molar-refractivity contribution is 5.64. The second-order valence-electron chi connectivity index (χ2n) is 4.28. The summed E-state index contributed by atoms with van der Waals surface area (Å²) in [7, 11) is 4.83. The molecule has 2 rings (SSSR count). The van der Waals surface area contributed by atoms with Crippen LogP contribution in [-0.2, 0) is 4.74 Å². The van der Waals surface area contributed by atoms with E-state index in [0.29, 0.717) is 36.4 Å². The van der Waals surface area contributed by atoms with Crippen LogP contribution in [0.1, 0.15) is 0 Å². The zero-order chi connectivity index (χ0) is 15.8. The van der Waals surface area contributed by atoms with Gasteiger partial charge in [0, 0.05) is 19.7 Å². The second kappa shape index (κ2) is 7.99. The van der Waals surface area contributed by atoms with E-state index >= 15 is 0 Å². The number of rotatable bonds is 8. The topological polar surface area (TPSA) is 90.4 Å². The maximum absolute atomic E-state index is 5.32. The van der Waals surface area contributed by atoms with Crippen molar-refractivity contribution < 1.29 is 14.2 Å². The van der Waals surface area contributed by atoms with E-state index in [0.717, 1.165) is 5.69 Å². The van der Waals surface area contributed by atoms with Gasteiger partial charge in [0.05, 0.1) is 32.7 Å². The van der Waals surface area contributed by atoms with E-state index in [-0.39, 0.29) is 0 Å². The SMILES string of the molecule is COCCNc1cnnc(Nc2ccc(OC)cc2OC)n1. The van der Waals surface area contributed by atoms with Crippen LogP contribution in [0.2, 0.25) is 0 Å². The van der Waals surface area contributed by atoms with Gasteiger partial charge in [0.25, 0.3) is 0 Å². The number of nitrogens with zero attached hydrogens (tertiary/aromatic N) is 3. The molecule has 0 fully saturated rings. The van der Waals surface area contributed by atoms with Crippen LogP contribution in [0.5, 0.6) is 11.5 Å². The minimum Gasteiger partial charge on any atom is -0.497 e. The van der Waals surface area contributed by atoms with Gasteiger partial charge in [-0.15, -0.1) is 5.10 Å². The Kier molecular flexibility index (Phi) is 5.73. The number of ether oxygens (including phenoxy) is 3. The van der Waals surface area contributed by atoms with E-state index in [4.69, 9.17) is 14.2 Å². The Morgan fingerprint density at radius 3 is 2.73 bits per heavy atom. The Hall–Kier alpha value is -2.61. The first-order valence-corrected chi connectivity index (χ1v) is 6.68. The molecule has 0 atom stereocenters. The summed E-state index contributed by atoms with van der Waals surface area (Å²) < 4.78 is 15.5. The largest absolute Gasteiger partial charge is 0.497 e. The van der Waals surface area contributed by atoms with Crippen LogP contribution >= 0.6 is 0 Å². The van der Waals surface area contributed by atoms with Crippen LogP contribution < -0.4 is 20.1 Å². The van der Waals surface area contributed by atoms with Crippen molar-refractivity contribution >= 4 is 17.5 Å². The highest BCUT2D eigenvalue weighted by atomic mass is 16.5. The van der Waals surface area contributed by atoms with E-state index < -0.39 is 0 Å². The van der Waals surface area contributed by atoms with E-state index in [1.165, 1.54) is 0 Å². The molecule has 0 unspecified atom stereocenters. The molecule has 0 spiro atoms. The zero-order valence-corrected chi connectivity index (χ0v) is 12.8.